The lowest BCUT2D eigenvalue weighted by Crippen LogP contribution is -2.38. The van der Waals surface area contributed by atoms with Gasteiger partial charge in [-0.25, -0.2) is 4.39 Å². The molecule has 1 N–H and O–H groups in total. The molecule has 1 aliphatic heterocycles. The van der Waals surface area contributed by atoms with Crippen LogP contribution in [-0.2, 0) is 0 Å². The SMILES string of the molecule is CN1CCC(c2c[nH]c3ccc(N=Cc4cccs4)cc23)C(F)C1. The maximum Gasteiger partial charge on any atom is 0.120 e. The monoisotopic (exact) mass is 341 g/mol. The molecular weight excluding hydrogens is 321 g/mol. The molecule has 5 heteroatoms. The molecule has 1 saturated heterocycles. The van der Waals surface area contributed by atoms with Gasteiger partial charge in [0.15, 0.2) is 0 Å². The van der Waals surface area contributed by atoms with Gasteiger partial charge in [-0.15, -0.1) is 11.3 Å². The normalized spacial score (nSPS) is 22.6. The summed E-state index contributed by atoms with van der Waals surface area (Å²) in [7, 11) is 1.98. The van der Waals surface area contributed by atoms with Gasteiger partial charge in [0.1, 0.15) is 6.17 Å². The largest absolute Gasteiger partial charge is 0.361 e. The van der Waals surface area contributed by atoms with E-state index in [0.29, 0.717) is 6.54 Å². The topological polar surface area (TPSA) is 31.4 Å². The minimum absolute atomic E-state index is 0.0357. The number of aromatic amines is 1. The molecule has 1 aliphatic rings. The third-order valence-corrected chi connectivity index (χ3v) is 5.53. The summed E-state index contributed by atoms with van der Waals surface area (Å²) < 4.78 is 14.5. The van der Waals surface area contributed by atoms with Gasteiger partial charge in [-0.3, -0.25) is 4.99 Å². The van der Waals surface area contributed by atoms with Crippen molar-refractivity contribution in [1.29, 1.82) is 0 Å². The molecule has 1 aromatic carbocycles. The molecule has 3 heterocycles. The number of nitrogens with zero attached hydrogens (tertiary/aromatic N) is 2. The summed E-state index contributed by atoms with van der Waals surface area (Å²) in [5.41, 5.74) is 3.03. The molecule has 0 bridgehead atoms. The number of likely N-dealkylation sites (tertiary alicyclic amines) is 1. The Balaban J connectivity index is 1.66. The van der Waals surface area contributed by atoms with Crippen LogP contribution in [0.25, 0.3) is 10.9 Å². The number of rotatable bonds is 3. The number of aromatic nitrogens is 1. The first-order valence-corrected chi connectivity index (χ1v) is 9.10. The molecule has 3 nitrogen and oxygen atoms in total. The number of fused-ring (bicyclic) bond motifs is 1. The van der Waals surface area contributed by atoms with Gasteiger partial charge < -0.3 is 9.88 Å². The molecule has 0 radical (unpaired) electrons. The van der Waals surface area contributed by atoms with E-state index in [2.05, 4.69) is 20.9 Å². The van der Waals surface area contributed by atoms with Crippen LogP contribution in [0.2, 0.25) is 0 Å². The highest BCUT2D eigenvalue weighted by Crippen LogP contribution is 2.36. The molecule has 0 amide bonds. The van der Waals surface area contributed by atoms with Crippen LogP contribution in [-0.4, -0.2) is 42.4 Å². The predicted octanol–water partition coefficient (Wildman–Crippen LogP) is 4.74. The van der Waals surface area contributed by atoms with Crippen LogP contribution < -0.4 is 0 Å². The van der Waals surface area contributed by atoms with Crippen molar-refractivity contribution < 1.29 is 4.39 Å². The summed E-state index contributed by atoms with van der Waals surface area (Å²) in [6.45, 7) is 1.45. The van der Waals surface area contributed by atoms with Crippen molar-refractivity contribution >= 4 is 34.1 Å². The van der Waals surface area contributed by atoms with E-state index in [1.807, 2.05) is 49.1 Å². The van der Waals surface area contributed by atoms with Crippen molar-refractivity contribution in [2.75, 3.05) is 20.1 Å². The highest BCUT2D eigenvalue weighted by atomic mass is 32.1. The molecule has 1 fully saturated rings. The number of nitrogens with one attached hydrogen (secondary N) is 1. The van der Waals surface area contributed by atoms with Crippen LogP contribution in [0.4, 0.5) is 10.1 Å². The first-order chi connectivity index (χ1) is 11.7. The second-order valence-corrected chi connectivity index (χ2v) is 7.40. The van der Waals surface area contributed by atoms with Crippen molar-refractivity contribution in [2.24, 2.45) is 4.99 Å². The Labute approximate surface area is 144 Å². The zero-order chi connectivity index (χ0) is 16.5. The molecular formula is C19H20FN3S. The first kappa shape index (κ1) is 15.5. The quantitative estimate of drug-likeness (QED) is 0.686. The number of piperidine rings is 1. The van der Waals surface area contributed by atoms with Crippen LogP contribution in [0.3, 0.4) is 0 Å². The summed E-state index contributed by atoms with van der Waals surface area (Å²) in [5, 5.41) is 3.13. The van der Waals surface area contributed by atoms with E-state index in [-0.39, 0.29) is 5.92 Å². The van der Waals surface area contributed by atoms with Crippen LogP contribution in [0.5, 0.6) is 0 Å². The Kier molecular flexibility index (Phi) is 4.21. The highest BCUT2D eigenvalue weighted by Gasteiger charge is 2.30. The van der Waals surface area contributed by atoms with Crippen LogP contribution in [0.1, 0.15) is 22.8 Å². The average molecular weight is 341 g/mol. The van der Waals surface area contributed by atoms with E-state index < -0.39 is 6.17 Å². The number of aliphatic imine (C=N–C) groups is 1. The van der Waals surface area contributed by atoms with E-state index in [1.165, 1.54) is 0 Å². The van der Waals surface area contributed by atoms with Crippen molar-refractivity contribution in [1.82, 2.24) is 9.88 Å². The maximum absolute atomic E-state index is 14.5. The standard InChI is InChI=1S/C19H20FN3S/c1-23-7-6-15(18(20)12-23)17-11-22-19-5-4-13(9-16(17)19)21-10-14-3-2-8-24-14/h2-5,8-11,15,18,22H,6-7,12H2,1H3. The van der Waals surface area contributed by atoms with Gasteiger partial charge in [-0.1, -0.05) is 6.07 Å². The summed E-state index contributed by atoms with van der Waals surface area (Å²) >= 11 is 1.66. The Bertz CT molecular complexity index is 853. The Morgan fingerprint density at radius 3 is 3.08 bits per heavy atom. The van der Waals surface area contributed by atoms with E-state index >= 15 is 0 Å². The molecule has 2 unspecified atom stereocenters. The van der Waals surface area contributed by atoms with Crippen LogP contribution in [0.15, 0.2) is 46.9 Å². The zero-order valence-corrected chi connectivity index (χ0v) is 14.4. The van der Waals surface area contributed by atoms with Crippen LogP contribution >= 0.6 is 11.3 Å². The van der Waals surface area contributed by atoms with Crippen molar-refractivity contribution in [3.8, 4) is 0 Å². The fourth-order valence-corrected chi connectivity index (χ4v) is 4.01. The van der Waals surface area contributed by atoms with Gasteiger partial charge in [0.25, 0.3) is 0 Å². The molecule has 124 valence electrons. The lowest BCUT2D eigenvalue weighted by molar-refractivity contribution is 0.140. The lowest BCUT2D eigenvalue weighted by atomic mass is 9.88. The molecule has 24 heavy (non-hydrogen) atoms. The van der Waals surface area contributed by atoms with Gasteiger partial charge in [0, 0.05) is 40.7 Å². The molecule has 0 saturated carbocycles. The molecule has 0 aliphatic carbocycles. The number of thiophene rings is 1. The van der Waals surface area contributed by atoms with Crippen molar-refractivity contribution in [3.05, 3.63) is 52.3 Å². The maximum atomic E-state index is 14.5. The van der Waals surface area contributed by atoms with E-state index in [9.17, 15) is 4.39 Å². The summed E-state index contributed by atoms with van der Waals surface area (Å²) in [6, 6.07) is 10.1. The summed E-state index contributed by atoms with van der Waals surface area (Å²) in [5.74, 6) is -0.0357. The number of halogens is 1. The average Bonchev–Trinajstić information content (AvgIpc) is 3.22. The van der Waals surface area contributed by atoms with Gasteiger partial charge in [-0.05, 0) is 55.2 Å². The smallest absolute Gasteiger partial charge is 0.120 e. The van der Waals surface area contributed by atoms with Gasteiger partial charge in [-0.2, -0.15) is 0 Å². The lowest BCUT2D eigenvalue weighted by Gasteiger charge is -2.32. The number of hydrogen-bond donors (Lipinski definition) is 1. The summed E-state index contributed by atoms with van der Waals surface area (Å²) in [6.07, 6.45) is 3.89. The minimum Gasteiger partial charge on any atom is -0.361 e. The molecule has 2 atom stereocenters. The van der Waals surface area contributed by atoms with E-state index in [4.69, 9.17) is 0 Å². The third kappa shape index (κ3) is 3.01. The fraction of sp³-hybridized carbons (Fsp3) is 0.316. The van der Waals surface area contributed by atoms with Gasteiger partial charge >= 0.3 is 0 Å². The number of hydrogen-bond acceptors (Lipinski definition) is 3. The second-order valence-electron chi connectivity index (χ2n) is 6.42. The van der Waals surface area contributed by atoms with Crippen LogP contribution in [0, 0.1) is 0 Å². The Morgan fingerprint density at radius 1 is 1.38 bits per heavy atom. The highest BCUT2D eigenvalue weighted by molar-refractivity contribution is 7.11. The van der Waals surface area contributed by atoms with Crippen molar-refractivity contribution in [3.63, 3.8) is 0 Å². The number of alkyl halides is 1. The number of benzene rings is 1. The zero-order valence-electron chi connectivity index (χ0n) is 13.6. The molecule has 4 rings (SSSR count). The minimum atomic E-state index is -0.818. The van der Waals surface area contributed by atoms with E-state index in [0.717, 1.165) is 40.0 Å². The Morgan fingerprint density at radius 2 is 2.29 bits per heavy atom. The fourth-order valence-electron chi connectivity index (χ4n) is 3.43. The Hall–Kier alpha value is -1.98. The predicted molar refractivity (Wildman–Crippen MR) is 99.6 cm³/mol. The summed E-state index contributed by atoms with van der Waals surface area (Å²) in [4.78, 5) is 11.0. The molecule has 3 aromatic rings. The molecule has 0 spiro atoms. The third-order valence-electron chi connectivity index (χ3n) is 4.73. The number of H-pyrrole nitrogens is 1. The molecule has 2 aromatic heterocycles. The van der Waals surface area contributed by atoms with Crippen molar-refractivity contribution in [2.45, 2.75) is 18.5 Å². The van der Waals surface area contributed by atoms with Gasteiger partial charge in [0.2, 0.25) is 0 Å². The van der Waals surface area contributed by atoms with E-state index in [1.54, 1.807) is 11.3 Å². The van der Waals surface area contributed by atoms with Gasteiger partial charge in [0.05, 0.1) is 5.69 Å². The first-order valence-electron chi connectivity index (χ1n) is 8.22. The second kappa shape index (κ2) is 6.49.